The van der Waals surface area contributed by atoms with Gasteiger partial charge < -0.3 is 9.42 Å². The normalized spacial score (nSPS) is 11.0. The Balaban J connectivity index is 1.77. The molecule has 1 amide bonds. The summed E-state index contributed by atoms with van der Waals surface area (Å²) in [4.78, 5) is 14.1. The van der Waals surface area contributed by atoms with Crippen LogP contribution in [0.1, 0.15) is 23.1 Å². The molecule has 136 valence electrons. The second-order valence-corrected chi connectivity index (χ2v) is 7.34. The highest BCUT2D eigenvalue weighted by Gasteiger charge is 2.20. The van der Waals surface area contributed by atoms with E-state index in [0.717, 1.165) is 16.7 Å². The summed E-state index contributed by atoms with van der Waals surface area (Å²) in [6, 6.07) is 6.59. The number of hydrogen-bond acceptors (Lipinski definition) is 4. The summed E-state index contributed by atoms with van der Waals surface area (Å²) in [7, 11) is 1.68. The summed E-state index contributed by atoms with van der Waals surface area (Å²) in [5, 5.41) is 9.23. The molecule has 3 aromatic rings. The number of hydrogen-bond donors (Lipinski definition) is 0. The topological polar surface area (TPSA) is 64.2 Å². The van der Waals surface area contributed by atoms with Gasteiger partial charge in [-0.15, -0.1) is 0 Å². The van der Waals surface area contributed by atoms with Crippen LogP contribution in [0, 0.1) is 0 Å². The minimum atomic E-state index is -0.275. The largest absolute Gasteiger partial charge is 0.355 e. The number of aromatic nitrogens is 3. The van der Waals surface area contributed by atoms with Crippen LogP contribution < -0.4 is 0 Å². The molecule has 0 N–H and O–H groups in total. The Hall–Kier alpha value is -1.83. The Morgan fingerprint density at radius 1 is 1.35 bits per heavy atom. The minimum absolute atomic E-state index is 0.194. The highest BCUT2D eigenvalue weighted by Crippen LogP contribution is 2.31. The molecule has 0 saturated carbocycles. The van der Waals surface area contributed by atoms with Gasteiger partial charge >= 0.3 is 0 Å². The molecule has 0 atom stereocenters. The first-order chi connectivity index (χ1) is 12.4. The Morgan fingerprint density at radius 2 is 2.12 bits per heavy atom. The molecule has 0 saturated heterocycles. The highest BCUT2D eigenvalue weighted by molar-refractivity contribution is 9.10. The van der Waals surface area contributed by atoms with E-state index in [1.807, 2.05) is 13.1 Å². The highest BCUT2D eigenvalue weighted by atomic mass is 79.9. The van der Waals surface area contributed by atoms with Gasteiger partial charge in [0.25, 0.3) is 5.91 Å². The number of carbonyl (C=O) groups excluding carboxylic acids is 1. The van der Waals surface area contributed by atoms with Crippen LogP contribution in [0.25, 0.3) is 11.3 Å². The molecule has 6 nitrogen and oxygen atoms in total. The van der Waals surface area contributed by atoms with E-state index in [9.17, 15) is 4.79 Å². The Labute approximate surface area is 168 Å². The molecule has 1 aromatic carbocycles. The van der Waals surface area contributed by atoms with Crippen molar-refractivity contribution in [2.24, 2.45) is 0 Å². The second-order valence-electron chi connectivity index (χ2n) is 5.64. The number of halogens is 3. The molecular formula is C17H15BrCl2N4O2. The van der Waals surface area contributed by atoms with Crippen LogP contribution >= 0.6 is 39.1 Å². The molecule has 2 heterocycles. The average molecular weight is 458 g/mol. The van der Waals surface area contributed by atoms with E-state index in [2.05, 4.69) is 26.2 Å². The van der Waals surface area contributed by atoms with E-state index in [1.54, 1.807) is 36.0 Å². The van der Waals surface area contributed by atoms with Gasteiger partial charge in [0.2, 0.25) is 0 Å². The summed E-state index contributed by atoms with van der Waals surface area (Å²) in [6.07, 6.45) is 1.88. The van der Waals surface area contributed by atoms with E-state index < -0.39 is 0 Å². The van der Waals surface area contributed by atoms with Crippen molar-refractivity contribution in [2.75, 3.05) is 7.05 Å². The van der Waals surface area contributed by atoms with E-state index in [4.69, 9.17) is 27.7 Å². The zero-order valence-electron chi connectivity index (χ0n) is 14.0. The third kappa shape index (κ3) is 3.95. The fourth-order valence-electron chi connectivity index (χ4n) is 2.39. The lowest BCUT2D eigenvalue weighted by molar-refractivity contribution is 0.0772. The predicted molar refractivity (Wildman–Crippen MR) is 103 cm³/mol. The Kier molecular flexibility index (Phi) is 5.70. The molecule has 0 aliphatic carbocycles. The molecule has 0 aliphatic heterocycles. The van der Waals surface area contributed by atoms with Crippen molar-refractivity contribution in [3.05, 3.63) is 56.4 Å². The van der Waals surface area contributed by atoms with Crippen LogP contribution in [-0.4, -0.2) is 32.8 Å². The molecule has 0 aliphatic rings. The van der Waals surface area contributed by atoms with Gasteiger partial charge in [-0.1, -0.05) is 28.4 Å². The smallest absolute Gasteiger partial charge is 0.276 e. The molecule has 0 unspecified atom stereocenters. The number of carbonyl (C=O) groups is 1. The third-order valence-corrected chi connectivity index (χ3v) is 4.98. The second kappa shape index (κ2) is 7.82. The first-order valence-corrected chi connectivity index (χ1v) is 9.33. The van der Waals surface area contributed by atoms with Gasteiger partial charge in [0.05, 0.1) is 21.7 Å². The minimum Gasteiger partial charge on any atom is -0.355 e. The van der Waals surface area contributed by atoms with Crippen LogP contribution in [0.5, 0.6) is 0 Å². The Morgan fingerprint density at radius 3 is 2.77 bits per heavy atom. The van der Waals surface area contributed by atoms with Gasteiger partial charge in [0.1, 0.15) is 0 Å². The van der Waals surface area contributed by atoms with Crippen molar-refractivity contribution in [2.45, 2.75) is 20.0 Å². The van der Waals surface area contributed by atoms with Crippen LogP contribution in [0.15, 0.2) is 39.5 Å². The fourth-order valence-corrected chi connectivity index (χ4v) is 3.33. The van der Waals surface area contributed by atoms with Crippen LogP contribution in [0.4, 0.5) is 0 Å². The van der Waals surface area contributed by atoms with E-state index in [1.165, 1.54) is 4.90 Å². The number of benzene rings is 1. The van der Waals surface area contributed by atoms with E-state index in [0.29, 0.717) is 27.9 Å². The predicted octanol–water partition coefficient (Wildman–Crippen LogP) is 4.90. The zero-order valence-corrected chi connectivity index (χ0v) is 17.1. The first kappa shape index (κ1) is 18.9. The monoisotopic (exact) mass is 456 g/mol. The summed E-state index contributed by atoms with van der Waals surface area (Å²) in [5.74, 6) is 0.128. The van der Waals surface area contributed by atoms with Crippen molar-refractivity contribution >= 4 is 45.0 Å². The summed E-state index contributed by atoms with van der Waals surface area (Å²) < 4.78 is 7.94. The molecule has 0 fully saturated rings. The SMILES string of the molecule is CCn1cc(Br)c(CN(C)C(=O)c2cc(-c3ccc(Cl)cc3Cl)on2)n1. The van der Waals surface area contributed by atoms with Gasteiger partial charge in [0.15, 0.2) is 11.5 Å². The molecule has 9 heteroatoms. The van der Waals surface area contributed by atoms with Crippen molar-refractivity contribution in [1.82, 2.24) is 19.8 Å². The van der Waals surface area contributed by atoms with Gasteiger partial charge in [0, 0.05) is 36.4 Å². The van der Waals surface area contributed by atoms with Crippen molar-refractivity contribution in [3.8, 4) is 11.3 Å². The van der Waals surface area contributed by atoms with Gasteiger partial charge in [-0.05, 0) is 41.1 Å². The molecule has 3 rings (SSSR count). The molecule has 26 heavy (non-hydrogen) atoms. The molecule has 0 bridgehead atoms. The number of amides is 1. The van der Waals surface area contributed by atoms with Gasteiger partial charge in [-0.2, -0.15) is 5.10 Å². The van der Waals surface area contributed by atoms with E-state index >= 15 is 0 Å². The summed E-state index contributed by atoms with van der Waals surface area (Å²) in [6.45, 7) is 3.10. The standard InChI is InChI=1S/C17H15BrCl2N4O2/c1-3-24-8-12(18)15(21-24)9-23(2)17(25)14-7-16(26-22-14)11-5-4-10(19)6-13(11)20/h4-8H,3,9H2,1-2H3. The van der Waals surface area contributed by atoms with Gasteiger partial charge in [-0.3, -0.25) is 9.48 Å². The molecule has 2 aromatic heterocycles. The number of aryl methyl sites for hydroxylation is 1. The van der Waals surface area contributed by atoms with Crippen LogP contribution in [0.3, 0.4) is 0 Å². The number of rotatable bonds is 5. The maximum Gasteiger partial charge on any atom is 0.276 e. The Bertz CT molecular complexity index is 954. The quantitative estimate of drug-likeness (QED) is 0.546. The lowest BCUT2D eigenvalue weighted by Gasteiger charge is -2.14. The maximum absolute atomic E-state index is 12.6. The zero-order chi connectivity index (χ0) is 18.8. The summed E-state index contributed by atoms with van der Waals surface area (Å²) in [5.41, 5.74) is 1.58. The van der Waals surface area contributed by atoms with Crippen LogP contribution in [0.2, 0.25) is 10.0 Å². The van der Waals surface area contributed by atoms with Gasteiger partial charge in [-0.25, -0.2) is 0 Å². The average Bonchev–Trinajstić information content (AvgIpc) is 3.21. The third-order valence-electron chi connectivity index (χ3n) is 3.77. The fraction of sp³-hybridized carbons (Fsp3) is 0.235. The lowest BCUT2D eigenvalue weighted by Crippen LogP contribution is -2.26. The number of nitrogens with zero attached hydrogens (tertiary/aromatic N) is 4. The molecular weight excluding hydrogens is 443 g/mol. The van der Waals surface area contributed by atoms with Crippen LogP contribution in [-0.2, 0) is 13.1 Å². The maximum atomic E-state index is 12.6. The lowest BCUT2D eigenvalue weighted by atomic mass is 10.1. The van der Waals surface area contributed by atoms with Crippen molar-refractivity contribution in [3.63, 3.8) is 0 Å². The molecule has 0 radical (unpaired) electrons. The van der Waals surface area contributed by atoms with E-state index in [-0.39, 0.29) is 11.6 Å². The first-order valence-electron chi connectivity index (χ1n) is 7.78. The van der Waals surface area contributed by atoms with Crippen molar-refractivity contribution < 1.29 is 9.32 Å². The summed E-state index contributed by atoms with van der Waals surface area (Å²) >= 11 is 15.5. The molecule has 0 spiro atoms. The van der Waals surface area contributed by atoms with Crippen molar-refractivity contribution in [1.29, 1.82) is 0 Å².